The normalized spacial score (nSPS) is 17.7. The lowest BCUT2D eigenvalue weighted by atomic mass is 9.98. The molecule has 1 unspecified atom stereocenters. The van der Waals surface area contributed by atoms with Gasteiger partial charge in [0.05, 0.1) is 5.56 Å². The molecule has 3 nitrogen and oxygen atoms in total. The van der Waals surface area contributed by atoms with Crippen LogP contribution >= 0.6 is 0 Å². The number of hydrogen-bond acceptors (Lipinski definition) is 2. The van der Waals surface area contributed by atoms with Crippen molar-refractivity contribution in [2.75, 3.05) is 5.32 Å². The Labute approximate surface area is 108 Å². The van der Waals surface area contributed by atoms with Crippen molar-refractivity contribution in [3.05, 3.63) is 29.3 Å². The molecule has 98 valence electrons. The lowest BCUT2D eigenvalue weighted by Gasteiger charge is -2.23. The summed E-state index contributed by atoms with van der Waals surface area (Å²) in [6, 6.07) is 5.84. The second-order valence-electron chi connectivity index (χ2n) is 5.26. The van der Waals surface area contributed by atoms with E-state index in [-0.39, 0.29) is 0 Å². The molecular formula is C15H21NO2. The first-order chi connectivity index (χ1) is 8.59. The van der Waals surface area contributed by atoms with Crippen LogP contribution in [0.1, 0.15) is 48.5 Å². The van der Waals surface area contributed by atoms with Crippen LogP contribution in [0.15, 0.2) is 18.2 Å². The Morgan fingerprint density at radius 1 is 1.39 bits per heavy atom. The molecule has 2 rings (SSSR count). The number of hydrogen-bond donors (Lipinski definition) is 2. The number of rotatable bonds is 4. The van der Waals surface area contributed by atoms with E-state index in [1.54, 1.807) is 12.1 Å². The Morgan fingerprint density at radius 2 is 2.06 bits per heavy atom. The number of anilines is 1. The SMILES string of the molecule is Cc1c(NC(C)C2CCCC2)cccc1C(=O)O. The number of carboxylic acid groups (broad SMARTS) is 1. The molecule has 1 fully saturated rings. The van der Waals surface area contributed by atoms with Crippen LogP contribution in [0.4, 0.5) is 5.69 Å². The van der Waals surface area contributed by atoms with Crippen LogP contribution in [0.3, 0.4) is 0 Å². The highest BCUT2D eigenvalue weighted by molar-refractivity contribution is 5.91. The lowest BCUT2D eigenvalue weighted by Crippen LogP contribution is -2.24. The van der Waals surface area contributed by atoms with Gasteiger partial charge in [0, 0.05) is 11.7 Å². The fourth-order valence-electron chi connectivity index (χ4n) is 2.84. The summed E-state index contributed by atoms with van der Waals surface area (Å²) in [4.78, 5) is 11.1. The fourth-order valence-corrected chi connectivity index (χ4v) is 2.84. The zero-order valence-corrected chi connectivity index (χ0v) is 11.1. The Bertz CT molecular complexity index is 436. The molecule has 1 aliphatic rings. The van der Waals surface area contributed by atoms with Crippen LogP contribution in [0, 0.1) is 12.8 Å². The zero-order chi connectivity index (χ0) is 13.1. The first-order valence-electron chi connectivity index (χ1n) is 6.69. The molecule has 0 aliphatic heterocycles. The lowest BCUT2D eigenvalue weighted by molar-refractivity contribution is 0.0696. The molecule has 0 heterocycles. The van der Waals surface area contributed by atoms with Gasteiger partial charge in [-0.1, -0.05) is 18.9 Å². The quantitative estimate of drug-likeness (QED) is 0.853. The molecule has 1 aromatic carbocycles. The predicted molar refractivity (Wildman–Crippen MR) is 73.2 cm³/mol. The van der Waals surface area contributed by atoms with Gasteiger partial charge < -0.3 is 10.4 Å². The molecule has 0 radical (unpaired) electrons. The number of aromatic carboxylic acids is 1. The minimum Gasteiger partial charge on any atom is -0.478 e. The minimum absolute atomic E-state index is 0.388. The molecule has 2 N–H and O–H groups in total. The first kappa shape index (κ1) is 12.9. The average Bonchev–Trinajstić information content (AvgIpc) is 2.85. The summed E-state index contributed by atoms with van der Waals surface area (Å²) in [6.45, 7) is 4.07. The summed E-state index contributed by atoms with van der Waals surface area (Å²) >= 11 is 0. The molecule has 1 saturated carbocycles. The summed E-state index contributed by atoms with van der Waals surface area (Å²) in [5.41, 5.74) is 2.17. The molecule has 1 aliphatic carbocycles. The Balaban J connectivity index is 2.13. The maximum Gasteiger partial charge on any atom is 0.336 e. The van der Waals surface area contributed by atoms with Crippen molar-refractivity contribution in [1.82, 2.24) is 0 Å². The van der Waals surface area contributed by atoms with Crippen molar-refractivity contribution in [3.8, 4) is 0 Å². The van der Waals surface area contributed by atoms with Gasteiger partial charge in [-0.3, -0.25) is 0 Å². The van der Waals surface area contributed by atoms with E-state index in [9.17, 15) is 4.79 Å². The third-order valence-corrected chi connectivity index (χ3v) is 4.05. The minimum atomic E-state index is -0.857. The molecular weight excluding hydrogens is 226 g/mol. The first-order valence-corrected chi connectivity index (χ1v) is 6.69. The maximum atomic E-state index is 11.1. The molecule has 3 heteroatoms. The highest BCUT2D eigenvalue weighted by Crippen LogP contribution is 2.30. The van der Waals surface area contributed by atoms with Crippen molar-refractivity contribution in [3.63, 3.8) is 0 Å². The van der Waals surface area contributed by atoms with Crippen LogP contribution < -0.4 is 5.32 Å². The van der Waals surface area contributed by atoms with Crippen molar-refractivity contribution in [2.45, 2.75) is 45.6 Å². The van der Waals surface area contributed by atoms with Crippen LogP contribution in [-0.2, 0) is 0 Å². The third kappa shape index (κ3) is 2.66. The van der Waals surface area contributed by atoms with Crippen LogP contribution in [0.25, 0.3) is 0 Å². The highest BCUT2D eigenvalue weighted by Gasteiger charge is 2.22. The molecule has 1 atom stereocenters. The van der Waals surface area contributed by atoms with Gasteiger partial charge in [0.15, 0.2) is 0 Å². The summed E-state index contributed by atoms with van der Waals surface area (Å²) in [5, 5.41) is 12.6. The van der Waals surface area contributed by atoms with Gasteiger partial charge >= 0.3 is 5.97 Å². The average molecular weight is 247 g/mol. The highest BCUT2D eigenvalue weighted by atomic mass is 16.4. The summed E-state index contributed by atoms with van der Waals surface area (Å²) in [7, 11) is 0. The summed E-state index contributed by atoms with van der Waals surface area (Å²) < 4.78 is 0. The maximum absolute atomic E-state index is 11.1. The standard InChI is InChI=1S/C15H21NO2/c1-10-13(15(17)18)8-5-9-14(10)16-11(2)12-6-3-4-7-12/h5,8-9,11-12,16H,3-4,6-7H2,1-2H3,(H,17,18). The van der Waals surface area contributed by atoms with Crippen LogP contribution in [0.2, 0.25) is 0 Å². The van der Waals surface area contributed by atoms with Crippen LogP contribution in [0.5, 0.6) is 0 Å². The topological polar surface area (TPSA) is 49.3 Å². The van der Waals surface area contributed by atoms with E-state index in [0.717, 1.165) is 17.2 Å². The Morgan fingerprint density at radius 3 is 2.67 bits per heavy atom. The second kappa shape index (κ2) is 5.42. The van der Waals surface area contributed by atoms with Gasteiger partial charge in [0.1, 0.15) is 0 Å². The van der Waals surface area contributed by atoms with Crippen molar-refractivity contribution >= 4 is 11.7 Å². The van der Waals surface area contributed by atoms with Crippen molar-refractivity contribution < 1.29 is 9.90 Å². The molecule has 1 aromatic rings. The third-order valence-electron chi connectivity index (χ3n) is 4.05. The van der Waals surface area contributed by atoms with E-state index in [4.69, 9.17) is 5.11 Å². The van der Waals surface area contributed by atoms with Gasteiger partial charge in [0.25, 0.3) is 0 Å². The Kier molecular flexibility index (Phi) is 3.90. The van der Waals surface area contributed by atoms with E-state index < -0.39 is 5.97 Å². The summed E-state index contributed by atoms with van der Waals surface area (Å²) in [6.07, 6.45) is 5.22. The van der Waals surface area contributed by atoms with E-state index in [2.05, 4.69) is 12.2 Å². The number of benzene rings is 1. The Hall–Kier alpha value is -1.51. The zero-order valence-electron chi connectivity index (χ0n) is 11.1. The number of carboxylic acids is 1. The molecule has 0 saturated heterocycles. The van der Waals surface area contributed by atoms with Gasteiger partial charge in [-0.2, -0.15) is 0 Å². The van der Waals surface area contributed by atoms with E-state index in [0.29, 0.717) is 11.6 Å². The largest absolute Gasteiger partial charge is 0.478 e. The smallest absolute Gasteiger partial charge is 0.336 e. The fraction of sp³-hybridized carbons (Fsp3) is 0.533. The second-order valence-corrected chi connectivity index (χ2v) is 5.26. The predicted octanol–water partition coefficient (Wildman–Crippen LogP) is 3.68. The number of carbonyl (C=O) groups is 1. The summed E-state index contributed by atoms with van der Waals surface area (Å²) in [5.74, 6) is -0.137. The molecule has 0 amide bonds. The monoisotopic (exact) mass is 247 g/mol. The van der Waals surface area contributed by atoms with E-state index in [1.165, 1.54) is 25.7 Å². The van der Waals surface area contributed by atoms with Gasteiger partial charge in [0.2, 0.25) is 0 Å². The van der Waals surface area contributed by atoms with E-state index in [1.807, 2.05) is 13.0 Å². The van der Waals surface area contributed by atoms with Gasteiger partial charge in [-0.15, -0.1) is 0 Å². The van der Waals surface area contributed by atoms with Crippen LogP contribution in [-0.4, -0.2) is 17.1 Å². The molecule has 0 spiro atoms. The van der Waals surface area contributed by atoms with Gasteiger partial charge in [-0.05, 0) is 50.3 Å². The van der Waals surface area contributed by atoms with Gasteiger partial charge in [-0.25, -0.2) is 4.79 Å². The van der Waals surface area contributed by atoms with E-state index >= 15 is 0 Å². The molecule has 0 bridgehead atoms. The van der Waals surface area contributed by atoms with Crippen molar-refractivity contribution in [1.29, 1.82) is 0 Å². The molecule has 18 heavy (non-hydrogen) atoms. The van der Waals surface area contributed by atoms with Crippen molar-refractivity contribution in [2.24, 2.45) is 5.92 Å². The number of nitrogens with one attached hydrogen (secondary N) is 1. The molecule has 0 aromatic heterocycles.